The minimum absolute atomic E-state index is 0.0404. The third-order valence-corrected chi connectivity index (χ3v) is 5.31. The summed E-state index contributed by atoms with van der Waals surface area (Å²) in [5.41, 5.74) is 0.388. The van der Waals surface area contributed by atoms with Crippen LogP contribution in [0, 0.1) is 0 Å². The second-order valence-electron chi connectivity index (χ2n) is 4.33. The van der Waals surface area contributed by atoms with Gasteiger partial charge in [0.2, 0.25) is 0 Å². The SMILES string of the molecule is O=C(O)c1cccc(S(=O)(=O)Cc2ccc(Br)cc2Cl)c1. The van der Waals surface area contributed by atoms with Gasteiger partial charge < -0.3 is 5.11 Å². The minimum atomic E-state index is -3.67. The first-order valence-electron chi connectivity index (χ1n) is 5.79. The molecule has 0 aromatic heterocycles. The number of carbonyl (C=O) groups is 1. The lowest BCUT2D eigenvalue weighted by Crippen LogP contribution is -2.07. The molecule has 0 radical (unpaired) electrons. The van der Waals surface area contributed by atoms with Crippen molar-refractivity contribution in [2.45, 2.75) is 10.6 Å². The molecule has 21 heavy (non-hydrogen) atoms. The van der Waals surface area contributed by atoms with Crippen LogP contribution in [0.25, 0.3) is 0 Å². The van der Waals surface area contributed by atoms with Gasteiger partial charge in [-0.15, -0.1) is 0 Å². The molecule has 7 heteroatoms. The molecular weight excluding hydrogens is 380 g/mol. The Morgan fingerprint density at radius 2 is 1.90 bits per heavy atom. The minimum Gasteiger partial charge on any atom is -0.478 e. The molecular formula is C14H10BrClO4S. The molecule has 2 rings (SSSR count). The van der Waals surface area contributed by atoms with Crippen molar-refractivity contribution in [1.29, 1.82) is 0 Å². The highest BCUT2D eigenvalue weighted by Crippen LogP contribution is 2.25. The molecule has 0 aliphatic rings. The Morgan fingerprint density at radius 3 is 2.52 bits per heavy atom. The topological polar surface area (TPSA) is 71.4 Å². The lowest BCUT2D eigenvalue weighted by molar-refractivity contribution is 0.0696. The normalized spacial score (nSPS) is 11.3. The van der Waals surface area contributed by atoms with Crippen LogP contribution < -0.4 is 0 Å². The summed E-state index contributed by atoms with van der Waals surface area (Å²) in [4.78, 5) is 10.9. The van der Waals surface area contributed by atoms with Crippen molar-refractivity contribution >= 4 is 43.3 Å². The highest BCUT2D eigenvalue weighted by Gasteiger charge is 2.18. The van der Waals surface area contributed by atoms with Gasteiger partial charge in [-0.2, -0.15) is 0 Å². The first-order valence-corrected chi connectivity index (χ1v) is 8.62. The second-order valence-corrected chi connectivity index (χ2v) is 7.64. The van der Waals surface area contributed by atoms with Gasteiger partial charge in [-0.05, 0) is 35.9 Å². The molecule has 0 bridgehead atoms. The molecule has 110 valence electrons. The van der Waals surface area contributed by atoms with Gasteiger partial charge >= 0.3 is 5.97 Å². The predicted molar refractivity (Wildman–Crippen MR) is 83.4 cm³/mol. The number of carboxylic acid groups (broad SMARTS) is 1. The number of carboxylic acids is 1. The third-order valence-electron chi connectivity index (χ3n) is 2.80. The molecule has 0 aliphatic carbocycles. The summed E-state index contributed by atoms with van der Waals surface area (Å²) in [6.45, 7) is 0. The van der Waals surface area contributed by atoms with E-state index in [-0.39, 0.29) is 16.2 Å². The van der Waals surface area contributed by atoms with Crippen LogP contribution in [-0.2, 0) is 15.6 Å². The number of benzene rings is 2. The average Bonchev–Trinajstić information content (AvgIpc) is 2.42. The van der Waals surface area contributed by atoms with Crippen LogP contribution >= 0.6 is 27.5 Å². The highest BCUT2D eigenvalue weighted by molar-refractivity contribution is 9.10. The maximum Gasteiger partial charge on any atom is 0.335 e. The number of rotatable bonds is 4. The van der Waals surface area contributed by atoms with E-state index in [0.717, 1.165) is 10.5 Å². The predicted octanol–water partition coefficient (Wildman–Crippen LogP) is 3.77. The van der Waals surface area contributed by atoms with Gasteiger partial charge in [0.25, 0.3) is 0 Å². The van der Waals surface area contributed by atoms with Crippen LogP contribution in [0.3, 0.4) is 0 Å². The van der Waals surface area contributed by atoms with E-state index in [9.17, 15) is 13.2 Å². The fourth-order valence-corrected chi connectivity index (χ4v) is 3.99. The van der Waals surface area contributed by atoms with Crippen molar-refractivity contribution in [2.75, 3.05) is 0 Å². The van der Waals surface area contributed by atoms with Crippen molar-refractivity contribution in [3.05, 3.63) is 63.1 Å². The van der Waals surface area contributed by atoms with Gasteiger partial charge in [-0.1, -0.05) is 39.7 Å². The second kappa shape index (κ2) is 6.17. The summed E-state index contributed by atoms with van der Waals surface area (Å²) >= 11 is 9.26. The molecule has 0 unspecified atom stereocenters. The summed E-state index contributed by atoms with van der Waals surface area (Å²) in [5.74, 6) is -1.46. The Bertz CT molecular complexity index is 802. The molecule has 0 atom stereocenters. The van der Waals surface area contributed by atoms with Crippen LogP contribution in [0.5, 0.6) is 0 Å². The van der Waals surface area contributed by atoms with E-state index >= 15 is 0 Å². The number of hydrogen-bond acceptors (Lipinski definition) is 3. The van der Waals surface area contributed by atoms with Gasteiger partial charge in [-0.3, -0.25) is 0 Å². The standard InChI is InChI=1S/C14H10BrClO4S/c15-11-5-4-10(13(16)7-11)8-21(19,20)12-3-1-2-9(6-12)14(17)18/h1-7H,8H2,(H,17,18). The zero-order chi connectivity index (χ0) is 15.6. The van der Waals surface area contributed by atoms with E-state index in [1.807, 2.05) is 0 Å². The average molecular weight is 390 g/mol. The van der Waals surface area contributed by atoms with E-state index in [2.05, 4.69) is 15.9 Å². The number of aromatic carboxylic acids is 1. The molecule has 2 aromatic rings. The van der Waals surface area contributed by atoms with Gasteiger partial charge in [0.05, 0.1) is 16.2 Å². The van der Waals surface area contributed by atoms with Crippen LogP contribution in [0.2, 0.25) is 5.02 Å². The summed E-state index contributed by atoms with van der Waals surface area (Å²) in [6.07, 6.45) is 0. The lowest BCUT2D eigenvalue weighted by atomic mass is 10.2. The Balaban J connectivity index is 2.38. The van der Waals surface area contributed by atoms with Crippen molar-refractivity contribution in [2.24, 2.45) is 0 Å². The Morgan fingerprint density at radius 1 is 1.19 bits per heavy atom. The molecule has 4 nitrogen and oxygen atoms in total. The number of sulfone groups is 1. The molecule has 0 spiro atoms. The zero-order valence-corrected chi connectivity index (χ0v) is 13.7. The Labute approximate surface area is 135 Å². The fraction of sp³-hybridized carbons (Fsp3) is 0.0714. The number of hydrogen-bond donors (Lipinski definition) is 1. The molecule has 0 amide bonds. The molecule has 0 saturated heterocycles. The molecule has 0 heterocycles. The monoisotopic (exact) mass is 388 g/mol. The van der Waals surface area contributed by atoms with Crippen molar-refractivity contribution < 1.29 is 18.3 Å². The first-order chi connectivity index (χ1) is 9.79. The Kier molecular flexibility index (Phi) is 4.70. The summed E-state index contributed by atoms with van der Waals surface area (Å²) in [5, 5.41) is 9.25. The summed E-state index contributed by atoms with van der Waals surface area (Å²) in [6, 6.07) is 10.2. The molecule has 1 N–H and O–H groups in total. The molecule has 0 saturated carbocycles. The van der Waals surface area contributed by atoms with Crippen LogP contribution in [0.1, 0.15) is 15.9 Å². The van der Waals surface area contributed by atoms with E-state index in [4.69, 9.17) is 16.7 Å². The molecule has 0 fully saturated rings. The van der Waals surface area contributed by atoms with E-state index in [1.54, 1.807) is 18.2 Å². The van der Waals surface area contributed by atoms with Crippen molar-refractivity contribution in [1.82, 2.24) is 0 Å². The summed E-state index contributed by atoms with van der Waals surface area (Å²) in [7, 11) is -3.67. The first kappa shape index (κ1) is 16.0. The van der Waals surface area contributed by atoms with Crippen LogP contribution in [-0.4, -0.2) is 19.5 Å². The molecule has 2 aromatic carbocycles. The van der Waals surface area contributed by atoms with Gasteiger partial charge in [0.1, 0.15) is 0 Å². The van der Waals surface area contributed by atoms with Gasteiger partial charge in [0, 0.05) is 9.50 Å². The maximum atomic E-state index is 12.4. The van der Waals surface area contributed by atoms with E-state index in [0.29, 0.717) is 10.6 Å². The van der Waals surface area contributed by atoms with Crippen LogP contribution in [0.4, 0.5) is 0 Å². The maximum absolute atomic E-state index is 12.4. The quantitative estimate of drug-likeness (QED) is 0.864. The summed E-state index contributed by atoms with van der Waals surface area (Å²) < 4.78 is 25.5. The fourth-order valence-electron chi connectivity index (χ4n) is 1.75. The molecule has 0 aliphatic heterocycles. The number of halogens is 2. The third kappa shape index (κ3) is 3.84. The van der Waals surface area contributed by atoms with Gasteiger partial charge in [0.15, 0.2) is 9.84 Å². The van der Waals surface area contributed by atoms with Gasteiger partial charge in [-0.25, -0.2) is 13.2 Å². The van der Waals surface area contributed by atoms with Crippen molar-refractivity contribution in [3.63, 3.8) is 0 Å². The lowest BCUT2D eigenvalue weighted by Gasteiger charge is -2.07. The van der Waals surface area contributed by atoms with E-state index < -0.39 is 15.8 Å². The van der Waals surface area contributed by atoms with Crippen LogP contribution in [0.15, 0.2) is 51.8 Å². The van der Waals surface area contributed by atoms with E-state index in [1.165, 1.54) is 18.2 Å². The Hall–Kier alpha value is -1.37. The largest absolute Gasteiger partial charge is 0.478 e. The van der Waals surface area contributed by atoms with Crippen molar-refractivity contribution in [3.8, 4) is 0 Å². The smallest absolute Gasteiger partial charge is 0.335 e. The zero-order valence-electron chi connectivity index (χ0n) is 10.6. The highest BCUT2D eigenvalue weighted by atomic mass is 79.9.